The maximum Gasteiger partial charge on any atom is 0.327 e. The van der Waals surface area contributed by atoms with Crippen LogP contribution in [0.5, 0.6) is 0 Å². The van der Waals surface area contributed by atoms with Gasteiger partial charge in [0.15, 0.2) is 6.04 Å². The van der Waals surface area contributed by atoms with Crippen LogP contribution in [0.15, 0.2) is 60.7 Å². The van der Waals surface area contributed by atoms with Gasteiger partial charge >= 0.3 is 5.97 Å². The Labute approximate surface area is 118 Å². The van der Waals surface area contributed by atoms with Crippen molar-refractivity contribution in [1.29, 1.82) is 0 Å². The predicted octanol–water partition coefficient (Wildman–Crippen LogP) is 2.88. The van der Waals surface area contributed by atoms with Crippen LogP contribution < -0.4 is 0 Å². The van der Waals surface area contributed by atoms with E-state index in [0.29, 0.717) is 12.1 Å². The number of benzene rings is 2. The molecule has 0 aromatic heterocycles. The highest BCUT2D eigenvalue weighted by atomic mass is 16.7. The van der Waals surface area contributed by atoms with Crippen LogP contribution in [0.3, 0.4) is 0 Å². The molecule has 0 fully saturated rings. The topological polar surface area (TPSA) is 49.8 Å². The first kappa shape index (κ1) is 14.2. The number of nitrogens with zero attached hydrogens (tertiary/aromatic N) is 1. The second-order valence-corrected chi connectivity index (χ2v) is 4.39. The molecular formula is C16H17NO3. The fourth-order valence-corrected chi connectivity index (χ4v) is 2.09. The lowest BCUT2D eigenvalue weighted by atomic mass is 10.1. The standard InChI is InChI=1S/C16H17NO3/c1-20-17(12-13-8-4-2-5-9-13)15(16(18)19)14-10-6-3-7-11-14/h2-11,15H,12H2,1H3,(H,18,19). The summed E-state index contributed by atoms with van der Waals surface area (Å²) in [6.45, 7) is 0.406. The summed E-state index contributed by atoms with van der Waals surface area (Å²) >= 11 is 0. The molecule has 0 bridgehead atoms. The Bertz CT molecular complexity index is 542. The summed E-state index contributed by atoms with van der Waals surface area (Å²) in [6, 6.07) is 17.9. The molecular weight excluding hydrogens is 254 g/mol. The van der Waals surface area contributed by atoms with Crippen molar-refractivity contribution in [2.24, 2.45) is 0 Å². The average Bonchev–Trinajstić information content (AvgIpc) is 2.48. The van der Waals surface area contributed by atoms with Crippen molar-refractivity contribution in [1.82, 2.24) is 5.06 Å². The van der Waals surface area contributed by atoms with Crippen LogP contribution in [0.2, 0.25) is 0 Å². The highest BCUT2D eigenvalue weighted by Crippen LogP contribution is 2.23. The van der Waals surface area contributed by atoms with E-state index < -0.39 is 12.0 Å². The molecule has 1 N–H and O–H groups in total. The molecule has 1 atom stereocenters. The largest absolute Gasteiger partial charge is 0.480 e. The summed E-state index contributed by atoms with van der Waals surface area (Å²) in [5, 5.41) is 10.9. The molecule has 2 aromatic rings. The summed E-state index contributed by atoms with van der Waals surface area (Å²) < 4.78 is 0. The minimum absolute atomic E-state index is 0.406. The molecule has 0 aliphatic carbocycles. The van der Waals surface area contributed by atoms with Gasteiger partial charge in [-0.05, 0) is 11.1 Å². The normalized spacial score (nSPS) is 12.3. The maximum atomic E-state index is 11.6. The predicted molar refractivity (Wildman–Crippen MR) is 75.8 cm³/mol. The maximum absolute atomic E-state index is 11.6. The van der Waals surface area contributed by atoms with Crippen molar-refractivity contribution in [2.45, 2.75) is 12.6 Å². The zero-order valence-electron chi connectivity index (χ0n) is 11.3. The number of carboxylic acid groups (broad SMARTS) is 1. The van der Waals surface area contributed by atoms with Gasteiger partial charge in [0.2, 0.25) is 0 Å². The van der Waals surface area contributed by atoms with Crippen LogP contribution in [-0.4, -0.2) is 23.2 Å². The first-order valence-corrected chi connectivity index (χ1v) is 6.35. The molecule has 0 amide bonds. The van der Waals surface area contributed by atoms with E-state index >= 15 is 0 Å². The zero-order chi connectivity index (χ0) is 14.4. The fourth-order valence-electron chi connectivity index (χ4n) is 2.09. The van der Waals surface area contributed by atoms with Gasteiger partial charge in [-0.3, -0.25) is 4.79 Å². The van der Waals surface area contributed by atoms with E-state index in [1.54, 1.807) is 12.1 Å². The van der Waals surface area contributed by atoms with E-state index in [4.69, 9.17) is 4.84 Å². The first-order chi connectivity index (χ1) is 9.72. The highest BCUT2D eigenvalue weighted by molar-refractivity contribution is 5.75. The van der Waals surface area contributed by atoms with Gasteiger partial charge in [-0.1, -0.05) is 60.7 Å². The van der Waals surface area contributed by atoms with Crippen molar-refractivity contribution >= 4 is 5.97 Å². The third-order valence-electron chi connectivity index (χ3n) is 3.05. The molecule has 0 saturated carbocycles. The minimum Gasteiger partial charge on any atom is -0.480 e. The van der Waals surface area contributed by atoms with Gasteiger partial charge in [-0.15, -0.1) is 0 Å². The Balaban J connectivity index is 2.25. The van der Waals surface area contributed by atoms with Gasteiger partial charge in [0.05, 0.1) is 13.7 Å². The van der Waals surface area contributed by atoms with Gasteiger partial charge in [0.1, 0.15) is 0 Å². The zero-order valence-corrected chi connectivity index (χ0v) is 11.3. The van der Waals surface area contributed by atoms with Gasteiger partial charge < -0.3 is 9.94 Å². The Morgan fingerprint density at radius 2 is 1.65 bits per heavy atom. The van der Waals surface area contributed by atoms with Crippen LogP contribution in [0.1, 0.15) is 17.2 Å². The number of hydroxylamine groups is 2. The molecule has 0 spiro atoms. The van der Waals surface area contributed by atoms with Crippen molar-refractivity contribution in [3.05, 3.63) is 71.8 Å². The van der Waals surface area contributed by atoms with E-state index in [2.05, 4.69) is 0 Å². The summed E-state index contributed by atoms with van der Waals surface area (Å²) in [5.41, 5.74) is 1.69. The lowest BCUT2D eigenvalue weighted by Crippen LogP contribution is -2.33. The van der Waals surface area contributed by atoms with E-state index in [0.717, 1.165) is 5.56 Å². The first-order valence-electron chi connectivity index (χ1n) is 6.35. The molecule has 104 valence electrons. The molecule has 4 nitrogen and oxygen atoms in total. The van der Waals surface area contributed by atoms with Crippen molar-refractivity contribution in [3.8, 4) is 0 Å². The molecule has 2 rings (SSSR count). The fraction of sp³-hybridized carbons (Fsp3) is 0.188. The van der Waals surface area contributed by atoms with E-state index in [1.165, 1.54) is 12.2 Å². The second-order valence-electron chi connectivity index (χ2n) is 4.39. The van der Waals surface area contributed by atoms with Gasteiger partial charge in [-0.25, -0.2) is 0 Å². The van der Waals surface area contributed by atoms with Gasteiger partial charge in [0.25, 0.3) is 0 Å². The molecule has 2 aromatic carbocycles. The lowest BCUT2D eigenvalue weighted by Gasteiger charge is -2.26. The Kier molecular flexibility index (Phi) is 4.87. The van der Waals surface area contributed by atoms with Crippen LogP contribution in [0, 0.1) is 0 Å². The monoisotopic (exact) mass is 271 g/mol. The molecule has 20 heavy (non-hydrogen) atoms. The number of carbonyl (C=O) groups is 1. The average molecular weight is 271 g/mol. The van der Waals surface area contributed by atoms with E-state index in [9.17, 15) is 9.90 Å². The Morgan fingerprint density at radius 3 is 2.15 bits per heavy atom. The third kappa shape index (κ3) is 3.44. The van der Waals surface area contributed by atoms with Crippen LogP contribution in [-0.2, 0) is 16.2 Å². The summed E-state index contributed by atoms with van der Waals surface area (Å²) in [7, 11) is 1.49. The Hall–Kier alpha value is -2.17. The number of hydrogen-bond acceptors (Lipinski definition) is 3. The summed E-state index contributed by atoms with van der Waals surface area (Å²) in [5.74, 6) is -0.936. The van der Waals surface area contributed by atoms with Crippen LogP contribution >= 0.6 is 0 Å². The minimum atomic E-state index is -0.936. The third-order valence-corrected chi connectivity index (χ3v) is 3.05. The molecule has 0 aliphatic rings. The van der Waals surface area contributed by atoms with E-state index in [1.807, 2.05) is 48.5 Å². The lowest BCUT2D eigenvalue weighted by molar-refractivity contribution is -0.190. The highest BCUT2D eigenvalue weighted by Gasteiger charge is 2.27. The SMILES string of the molecule is CON(Cc1ccccc1)C(C(=O)O)c1ccccc1. The van der Waals surface area contributed by atoms with Crippen molar-refractivity contribution in [3.63, 3.8) is 0 Å². The smallest absolute Gasteiger partial charge is 0.327 e. The summed E-state index contributed by atoms with van der Waals surface area (Å²) in [4.78, 5) is 16.9. The molecule has 0 radical (unpaired) electrons. The van der Waals surface area contributed by atoms with Crippen LogP contribution in [0.4, 0.5) is 0 Å². The van der Waals surface area contributed by atoms with Crippen molar-refractivity contribution < 1.29 is 14.7 Å². The molecule has 0 aliphatic heterocycles. The molecule has 0 saturated heterocycles. The number of rotatable bonds is 6. The van der Waals surface area contributed by atoms with Crippen molar-refractivity contribution in [2.75, 3.05) is 7.11 Å². The number of carboxylic acids is 1. The summed E-state index contributed by atoms with van der Waals surface area (Å²) in [6.07, 6.45) is 0. The van der Waals surface area contributed by atoms with Gasteiger partial charge in [-0.2, -0.15) is 5.06 Å². The second kappa shape index (κ2) is 6.84. The van der Waals surface area contributed by atoms with E-state index in [-0.39, 0.29) is 0 Å². The number of hydrogen-bond donors (Lipinski definition) is 1. The quantitative estimate of drug-likeness (QED) is 0.821. The molecule has 1 unspecified atom stereocenters. The van der Waals surface area contributed by atoms with Crippen LogP contribution in [0.25, 0.3) is 0 Å². The number of aliphatic carboxylic acids is 1. The van der Waals surface area contributed by atoms with Gasteiger partial charge in [0, 0.05) is 0 Å². The molecule has 4 heteroatoms. The molecule has 0 heterocycles. The Morgan fingerprint density at radius 1 is 1.10 bits per heavy atom.